The summed E-state index contributed by atoms with van der Waals surface area (Å²) in [4.78, 5) is 13.1. The maximum absolute atomic E-state index is 11.3. The molecule has 0 bridgehead atoms. The zero-order chi connectivity index (χ0) is 13.0. The first-order chi connectivity index (χ1) is 8.70. The van der Waals surface area contributed by atoms with Crippen LogP contribution in [-0.2, 0) is 4.79 Å². The number of likely N-dealkylation sites (N-methyl/N-ethyl adjacent to an activating group) is 2. The average Bonchev–Trinajstić information content (AvgIpc) is 2.89. The lowest BCUT2D eigenvalue weighted by Crippen LogP contribution is -2.32. The summed E-state index contributed by atoms with van der Waals surface area (Å²) in [5, 5.41) is 12.4. The van der Waals surface area contributed by atoms with Crippen LogP contribution in [0.1, 0.15) is 0 Å². The first-order valence-electron chi connectivity index (χ1n) is 5.51. The van der Waals surface area contributed by atoms with Crippen LogP contribution in [0.15, 0.2) is 30.3 Å². The predicted octanol–water partition coefficient (Wildman–Crippen LogP) is 1.39. The summed E-state index contributed by atoms with van der Waals surface area (Å²) >= 11 is 1.47. The van der Waals surface area contributed by atoms with Crippen LogP contribution in [0.25, 0.3) is 10.6 Å². The van der Waals surface area contributed by atoms with Gasteiger partial charge in [0, 0.05) is 19.7 Å². The topological polar surface area (TPSA) is 58.1 Å². The summed E-state index contributed by atoms with van der Waals surface area (Å²) in [5.41, 5.74) is 1.04. The van der Waals surface area contributed by atoms with E-state index in [1.807, 2.05) is 37.4 Å². The van der Waals surface area contributed by atoms with Crippen molar-refractivity contribution in [3.8, 4) is 10.6 Å². The Morgan fingerprint density at radius 1 is 1.33 bits per heavy atom. The van der Waals surface area contributed by atoms with Crippen molar-refractivity contribution in [2.75, 3.05) is 25.5 Å². The van der Waals surface area contributed by atoms with E-state index < -0.39 is 0 Å². The Bertz CT molecular complexity index is 526. The molecular weight excluding hydrogens is 248 g/mol. The van der Waals surface area contributed by atoms with E-state index in [1.165, 1.54) is 11.3 Å². The number of aromatic nitrogens is 2. The Hall–Kier alpha value is -1.95. The second kappa shape index (κ2) is 5.59. The molecule has 1 aromatic heterocycles. The number of anilines is 1. The van der Waals surface area contributed by atoms with Crippen molar-refractivity contribution < 1.29 is 4.79 Å². The van der Waals surface area contributed by atoms with Crippen LogP contribution in [0.5, 0.6) is 0 Å². The van der Waals surface area contributed by atoms with Gasteiger partial charge in [0.25, 0.3) is 0 Å². The van der Waals surface area contributed by atoms with Gasteiger partial charge in [-0.1, -0.05) is 41.7 Å². The number of benzene rings is 1. The molecule has 0 radical (unpaired) electrons. The molecule has 2 aromatic rings. The molecule has 0 unspecified atom stereocenters. The first kappa shape index (κ1) is 12.5. The number of rotatable bonds is 4. The van der Waals surface area contributed by atoms with Gasteiger partial charge in [-0.15, -0.1) is 10.2 Å². The number of nitrogens with zero attached hydrogens (tertiary/aromatic N) is 3. The Morgan fingerprint density at radius 3 is 2.72 bits per heavy atom. The third-order valence-electron chi connectivity index (χ3n) is 2.42. The lowest BCUT2D eigenvalue weighted by Gasteiger charge is -2.12. The summed E-state index contributed by atoms with van der Waals surface area (Å²) in [6.07, 6.45) is 0. The van der Waals surface area contributed by atoms with Gasteiger partial charge in [0.2, 0.25) is 11.0 Å². The van der Waals surface area contributed by atoms with E-state index in [0.29, 0.717) is 0 Å². The fourth-order valence-electron chi connectivity index (χ4n) is 1.43. The smallest absolute Gasteiger partial charge is 0.239 e. The van der Waals surface area contributed by atoms with Crippen molar-refractivity contribution >= 4 is 22.4 Å². The molecule has 5 nitrogen and oxygen atoms in total. The van der Waals surface area contributed by atoms with Crippen LogP contribution in [0.2, 0.25) is 0 Å². The summed E-state index contributed by atoms with van der Waals surface area (Å²) in [6.45, 7) is 0.278. The molecule has 18 heavy (non-hydrogen) atoms. The van der Waals surface area contributed by atoms with Crippen LogP contribution in [-0.4, -0.2) is 36.7 Å². The zero-order valence-corrected chi connectivity index (χ0v) is 11.1. The third kappa shape index (κ3) is 2.84. The Morgan fingerprint density at radius 2 is 2.06 bits per heavy atom. The molecule has 6 heteroatoms. The highest BCUT2D eigenvalue weighted by molar-refractivity contribution is 7.18. The summed E-state index contributed by atoms with van der Waals surface area (Å²) in [5.74, 6) is -0.0473. The minimum absolute atomic E-state index is 0.0473. The number of nitrogens with one attached hydrogen (secondary N) is 1. The lowest BCUT2D eigenvalue weighted by atomic mass is 10.2. The first-order valence-corrected chi connectivity index (χ1v) is 6.33. The highest BCUT2D eigenvalue weighted by Gasteiger charge is 2.12. The Balaban J connectivity index is 2.13. The lowest BCUT2D eigenvalue weighted by molar-refractivity contribution is -0.119. The molecule has 94 valence electrons. The molecule has 0 saturated carbocycles. The minimum Gasteiger partial charge on any atom is -0.358 e. The van der Waals surface area contributed by atoms with Gasteiger partial charge in [-0.3, -0.25) is 4.79 Å². The predicted molar refractivity (Wildman–Crippen MR) is 72.7 cm³/mol. The van der Waals surface area contributed by atoms with Crippen LogP contribution >= 0.6 is 11.3 Å². The van der Waals surface area contributed by atoms with Gasteiger partial charge < -0.3 is 10.2 Å². The molecule has 1 amide bonds. The van der Waals surface area contributed by atoms with Crippen LogP contribution < -0.4 is 10.2 Å². The second-order valence-corrected chi connectivity index (χ2v) is 4.74. The average molecular weight is 262 g/mol. The molecule has 0 atom stereocenters. The number of hydrogen-bond donors (Lipinski definition) is 1. The Kier molecular flexibility index (Phi) is 3.88. The van der Waals surface area contributed by atoms with Crippen molar-refractivity contribution in [1.29, 1.82) is 0 Å². The molecule has 0 saturated heterocycles. The maximum Gasteiger partial charge on any atom is 0.239 e. The molecule has 0 aliphatic heterocycles. The van der Waals surface area contributed by atoms with Crippen molar-refractivity contribution in [1.82, 2.24) is 15.5 Å². The van der Waals surface area contributed by atoms with Gasteiger partial charge in [-0.25, -0.2) is 0 Å². The van der Waals surface area contributed by atoms with Crippen molar-refractivity contribution in [2.24, 2.45) is 0 Å². The molecule has 1 heterocycles. The third-order valence-corrected chi connectivity index (χ3v) is 3.51. The Labute approximate surface area is 109 Å². The largest absolute Gasteiger partial charge is 0.358 e. The van der Waals surface area contributed by atoms with Gasteiger partial charge in [0.05, 0.1) is 6.54 Å². The number of hydrogen-bond acceptors (Lipinski definition) is 5. The van der Waals surface area contributed by atoms with E-state index in [1.54, 1.807) is 11.9 Å². The van der Waals surface area contributed by atoms with E-state index in [4.69, 9.17) is 0 Å². The van der Waals surface area contributed by atoms with E-state index in [9.17, 15) is 4.79 Å². The van der Waals surface area contributed by atoms with E-state index in [0.717, 1.165) is 15.7 Å². The van der Waals surface area contributed by atoms with Gasteiger partial charge in [0.1, 0.15) is 5.01 Å². The highest BCUT2D eigenvalue weighted by atomic mass is 32.1. The van der Waals surface area contributed by atoms with Gasteiger partial charge in [-0.05, 0) is 0 Å². The molecule has 0 fully saturated rings. The highest BCUT2D eigenvalue weighted by Crippen LogP contribution is 2.27. The zero-order valence-electron chi connectivity index (χ0n) is 10.3. The number of carbonyl (C=O) groups excluding carboxylic acids is 1. The van der Waals surface area contributed by atoms with E-state index in [-0.39, 0.29) is 12.5 Å². The maximum atomic E-state index is 11.3. The monoisotopic (exact) mass is 262 g/mol. The van der Waals surface area contributed by atoms with Crippen molar-refractivity contribution in [2.45, 2.75) is 0 Å². The molecule has 0 aliphatic rings. The molecule has 0 aliphatic carbocycles. The van der Waals surface area contributed by atoms with Crippen molar-refractivity contribution in [3.63, 3.8) is 0 Å². The minimum atomic E-state index is -0.0473. The second-order valence-electron chi connectivity index (χ2n) is 3.79. The fraction of sp³-hybridized carbons (Fsp3) is 0.250. The molecule has 1 N–H and O–H groups in total. The molecular formula is C12H14N4OS. The summed E-state index contributed by atoms with van der Waals surface area (Å²) in [6, 6.07) is 9.87. The summed E-state index contributed by atoms with van der Waals surface area (Å²) < 4.78 is 0. The van der Waals surface area contributed by atoms with Crippen molar-refractivity contribution in [3.05, 3.63) is 30.3 Å². The normalized spacial score (nSPS) is 10.1. The van der Waals surface area contributed by atoms with Crippen LogP contribution in [0.3, 0.4) is 0 Å². The van der Waals surface area contributed by atoms with Gasteiger partial charge in [0.15, 0.2) is 0 Å². The fourth-order valence-corrected chi connectivity index (χ4v) is 2.24. The molecule has 0 spiro atoms. The molecule has 2 rings (SSSR count). The number of carbonyl (C=O) groups is 1. The van der Waals surface area contributed by atoms with E-state index >= 15 is 0 Å². The quantitative estimate of drug-likeness (QED) is 0.904. The SMILES string of the molecule is CNC(=O)CN(C)c1nnc(-c2ccccc2)s1. The van der Waals surface area contributed by atoms with E-state index in [2.05, 4.69) is 15.5 Å². The van der Waals surface area contributed by atoms with Crippen LogP contribution in [0, 0.1) is 0 Å². The molecule has 1 aromatic carbocycles. The van der Waals surface area contributed by atoms with Gasteiger partial charge >= 0.3 is 0 Å². The van der Waals surface area contributed by atoms with Crippen LogP contribution in [0.4, 0.5) is 5.13 Å². The summed E-state index contributed by atoms with van der Waals surface area (Å²) in [7, 11) is 3.44. The number of amides is 1. The standard InChI is InChI=1S/C12H14N4OS/c1-13-10(17)8-16(2)12-15-14-11(18-12)9-6-4-3-5-7-9/h3-7H,8H2,1-2H3,(H,13,17). The van der Waals surface area contributed by atoms with Gasteiger partial charge in [-0.2, -0.15) is 0 Å².